The second-order valence-electron chi connectivity index (χ2n) is 7.31. The Morgan fingerprint density at radius 3 is 2.44 bits per heavy atom. The maximum atomic E-state index is 13.3. The summed E-state index contributed by atoms with van der Waals surface area (Å²) in [6, 6.07) is 2.31. The highest BCUT2D eigenvalue weighted by Crippen LogP contribution is 2.33. The lowest BCUT2D eigenvalue weighted by Gasteiger charge is -2.15. The minimum absolute atomic E-state index is 0.0812. The van der Waals surface area contributed by atoms with Gasteiger partial charge in [0.1, 0.15) is 6.73 Å². The summed E-state index contributed by atoms with van der Waals surface area (Å²) in [5, 5.41) is 23.4. The normalized spacial score (nSPS) is 12.8. The first kappa shape index (κ1) is 20.0. The van der Waals surface area contributed by atoms with Gasteiger partial charge in [0.05, 0.1) is 11.1 Å². The van der Waals surface area contributed by atoms with Crippen molar-refractivity contribution in [3.63, 3.8) is 0 Å². The molecule has 0 spiro atoms. The fraction of sp³-hybridized carbons (Fsp3) is 0.533. The third-order valence-electron chi connectivity index (χ3n) is 3.84. The molecule has 0 saturated carbocycles. The van der Waals surface area contributed by atoms with Gasteiger partial charge in [0.25, 0.3) is 0 Å². The number of benzene rings is 1. The first-order chi connectivity index (χ1) is 11.4. The lowest BCUT2D eigenvalue weighted by atomic mass is 9.74. The quantitative estimate of drug-likeness (QED) is 0.602. The van der Waals surface area contributed by atoms with Crippen LogP contribution in [0.2, 0.25) is 25.7 Å². The molecule has 0 amide bonds. The fourth-order valence-corrected chi connectivity index (χ4v) is 3.37. The zero-order valence-corrected chi connectivity index (χ0v) is 15.7. The van der Waals surface area contributed by atoms with Crippen LogP contribution < -0.4 is 5.46 Å². The van der Waals surface area contributed by atoms with E-state index >= 15 is 0 Å². The maximum absolute atomic E-state index is 13.3. The highest BCUT2D eigenvalue weighted by molar-refractivity contribution is 6.76. The first-order valence-electron chi connectivity index (χ1n) is 7.92. The molecule has 0 aliphatic heterocycles. The van der Waals surface area contributed by atoms with Gasteiger partial charge in [0.2, 0.25) is 0 Å². The van der Waals surface area contributed by atoms with Gasteiger partial charge in [-0.2, -0.15) is 18.3 Å². The van der Waals surface area contributed by atoms with Gasteiger partial charge < -0.3 is 14.8 Å². The Hall–Kier alpha value is -1.36. The number of aryl methyl sites for hydroxylation is 1. The Morgan fingerprint density at radius 2 is 1.92 bits per heavy atom. The lowest BCUT2D eigenvalue weighted by Crippen LogP contribution is -2.37. The summed E-state index contributed by atoms with van der Waals surface area (Å²) >= 11 is 0. The third-order valence-corrected chi connectivity index (χ3v) is 5.55. The van der Waals surface area contributed by atoms with Gasteiger partial charge in [0, 0.05) is 31.7 Å². The predicted molar refractivity (Wildman–Crippen MR) is 93.4 cm³/mol. The average Bonchev–Trinajstić information content (AvgIpc) is 2.81. The molecule has 0 radical (unpaired) electrons. The van der Waals surface area contributed by atoms with Gasteiger partial charge in [-0.3, -0.25) is 0 Å². The number of alkyl halides is 3. The summed E-state index contributed by atoms with van der Waals surface area (Å²) in [6.45, 7) is 8.59. The van der Waals surface area contributed by atoms with Crippen molar-refractivity contribution in [3.8, 4) is 0 Å². The van der Waals surface area contributed by atoms with E-state index in [1.54, 1.807) is 6.20 Å². The van der Waals surface area contributed by atoms with Crippen LogP contribution >= 0.6 is 0 Å². The van der Waals surface area contributed by atoms with Crippen LogP contribution in [-0.4, -0.2) is 41.6 Å². The zero-order valence-electron chi connectivity index (χ0n) is 14.7. The van der Waals surface area contributed by atoms with Gasteiger partial charge in [-0.05, 0) is 24.6 Å². The molecule has 0 atom stereocenters. The largest absolute Gasteiger partial charge is 0.491 e. The summed E-state index contributed by atoms with van der Waals surface area (Å²) in [7, 11) is -3.50. The molecule has 1 aromatic heterocycles. The highest BCUT2D eigenvalue weighted by Gasteiger charge is 2.39. The lowest BCUT2D eigenvalue weighted by molar-refractivity contribution is -0.137. The summed E-state index contributed by atoms with van der Waals surface area (Å²) < 4.78 is 46.8. The molecule has 10 heteroatoms. The van der Waals surface area contributed by atoms with Crippen LogP contribution in [0.1, 0.15) is 11.1 Å². The minimum Gasteiger partial charge on any atom is -0.423 e. The molecule has 138 valence electrons. The summed E-state index contributed by atoms with van der Waals surface area (Å²) in [4.78, 5) is 0. The Morgan fingerprint density at radius 1 is 1.28 bits per heavy atom. The van der Waals surface area contributed by atoms with Gasteiger partial charge in [0.15, 0.2) is 0 Å². The second kappa shape index (κ2) is 7.10. The van der Waals surface area contributed by atoms with Crippen LogP contribution in [0.3, 0.4) is 0 Å². The SMILES string of the molecule is Cc1cc2cn(COCC[Si](C)(C)C)nc2c(B(O)O)c1C(F)(F)F. The predicted octanol–water partition coefficient (Wildman–Crippen LogP) is 2.36. The molecule has 0 unspecified atom stereocenters. The second-order valence-corrected chi connectivity index (χ2v) is 12.9. The van der Waals surface area contributed by atoms with E-state index in [4.69, 9.17) is 4.74 Å². The molecule has 1 heterocycles. The number of nitrogens with zero attached hydrogens (tertiary/aromatic N) is 2. The van der Waals surface area contributed by atoms with Crippen LogP contribution in [0.5, 0.6) is 0 Å². The molecule has 1 aromatic carbocycles. The number of rotatable bonds is 6. The van der Waals surface area contributed by atoms with E-state index in [9.17, 15) is 23.2 Å². The van der Waals surface area contributed by atoms with E-state index < -0.39 is 32.4 Å². The van der Waals surface area contributed by atoms with Crippen molar-refractivity contribution in [3.05, 3.63) is 23.4 Å². The molecule has 0 aliphatic carbocycles. The molecule has 2 N–H and O–H groups in total. The minimum atomic E-state index is -4.70. The van der Waals surface area contributed by atoms with Crippen molar-refractivity contribution in [1.29, 1.82) is 0 Å². The van der Waals surface area contributed by atoms with Gasteiger partial charge in [-0.1, -0.05) is 19.6 Å². The van der Waals surface area contributed by atoms with E-state index in [1.165, 1.54) is 17.7 Å². The van der Waals surface area contributed by atoms with Crippen LogP contribution in [0.25, 0.3) is 10.9 Å². The number of aromatic nitrogens is 2. The van der Waals surface area contributed by atoms with Crippen LogP contribution in [0.15, 0.2) is 12.3 Å². The molecule has 25 heavy (non-hydrogen) atoms. The Balaban J connectivity index is 2.34. The van der Waals surface area contributed by atoms with Crippen molar-refractivity contribution in [2.24, 2.45) is 0 Å². The zero-order chi connectivity index (χ0) is 19.0. The smallest absolute Gasteiger partial charge is 0.423 e. The fourth-order valence-electron chi connectivity index (χ4n) is 2.62. The highest BCUT2D eigenvalue weighted by atomic mass is 28.3. The van der Waals surface area contributed by atoms with E-state index in [2.05, 4.69) is 24.7 Å². The van der Waals surface area contributed by atoms with E-state index in [-0.39, 0.29) is 17.8 Å². The molecule has 2 rings (SSSR count). The number of halogens is 3. The number of hydrogen-bond acceptors (Lipinski definition) is 4. The Kier molecular flexibility index (Phi) is 5.67. The molecule has 0 fully saturated rings. The third kappa shape index (κ3) is 4.84. The summed E-state index contributed by atoms with van der Waals surface area (Å²) in [5.41, 5.74) is -1.84. The number of ether oxygens (including phenoxy) is 1. The maximum Gasteiger partial charge on any atom is 0.491 e. The van der Waals surface area contributed by atoms with Crippen LogP contribution in [-0.2, 0) is 17.6 Å². The van der Waals surface area contributed by atoms with Crippen LogP contribution in [0.4, 0.5) is 13.2 Å². The van der Waals surface area contributed by atoms with Crippen LogP contribution in [0, 0.1) is 6.92 Å². The topological polar surface area (TPSA) is 67.5 Å². The number of hydrogen-bond donors (Lipinski definition) is 2. The standard InChI is InChI=1S/C15H22BF3N2O3Si/c1-10-7-11-8-21(9-24-5-6-25(2,3)4)20-14(11)13(16(22)23)12(10)15(17,18)19/h7-8,22-23H,5-6,9H2,1-4H3. The Bertz CT molecular complexity index is 757. The molecular formula is C15H22BF3N2O3Si. The molecule has 0 aliphatic rings. The van der Waals surface area contributed by atoms with Gasteiger partial charge in [-0.15, -0.1) is 0 Å². The molecule has 0 saturated heterocycles. The molecule has 2 aromatic rings. The van der Waals surface area contributed by atoms with Crippen molar-refractivity contribution in [2.75, 3.05) is 6.61 Å². The molecular weight excluding hydrogens is 352 g/mol. The summed E-state index contributed by atoms with van der Waals surface area (Å²) in [6.07, 6.45) is -3.15. The van der Waals surface area contributed by atoms with Crippen molar-refractivity contribution >= 4 is 31.6 Å². The summed E-state index contributed by atoms with van der Waals surface area (Å²) in [5.74, 6) is 0. The van der Waals surface area contributed by atoms with E-state index in [1.807, 2.05) is 0 Å². The molecule has 5 nitrogen and oxygen atoms in total. The first-order valence-corrected chi connectivity index (χ1v) is 11.6. The Labute approximate surface area is 145 Å². The van der Waals surface area contributed by atoms with Gasteiger partial charge >= 0.3 is 13.3 Å². The van der Waals surface area contributed by atoms with Crippen molar-refractivity contribution in [1.82, 2.24) is 9.78 Å². The number of fused-ring (bicyclic) bond motifs is 1. The van der Waals surface area contributed by atoms with E-state index in [0.29, 0.717) is 12.0 Å². The monoisotopic (exact) mass is 374 g/mol. The average molecular weight is 374 g/mol. The molecule has 0 bridgehead atoms. The van der Waals surface area contributed by atoms with E-state index in [0.717, 1.165) is 6.04 Å². The van der Waals surface area contributed by atoms with Crippen molar-refractivity contribution in [2.45, 2.75) is 45.5 Å². The van der Waals surface area contributed by atoms with Gasteiger partial charge in [-0.25, -0.2) is 4.68 Å². The van der Waals surface area contributed by atoms with Crippen molar-refractivity contribution < 1.29 is 28.0 Å².